The Morgan fingerprint density at radius 3 is 2.95 bits per heavy atom. The van der Waals surface area contributed by atoms with Gasteiger partial charge in [0.05, 0.1) is 11.0 Å². The topological polar surface area (TPSA) is 98.0 Å². The van der Waals surface area contributed by atoms with Crippen molar-refractivity contribution in [1.82, 2.24) is 14.9 Å². The average Bonchev–Trinajstić information content (AvgIpc) is 2.99. The molecule has 1 aromatic carbocycles. The predicted molar refractivity (Wildman–Crippen MR) is 73.5 cm³/mol. The fourth-order valence-electron chi connectivity index (χ4n) is 1.77. The van der Waals surface area contributed by atoms with Gasteiger partial charge in [0.1, 0.15) is 0 Å². The Bertz CT molecular complexity index is 615. The quantitative estimate of drug-likeness (QED) is 0.673. The van der Waals surface area contributed by atoms with Gasteiger partial charge in [-0.1, -0.05) is 23.5 Å². The first-order chi connectivity index (χ1) is 9.61. The van der Waals surface area contributed by atoms with Crippen LogP contribution in [-0.4, -0.2) is 20.4 Å². The van der Waals surface area contributed by atoms with Crippen LogP contribution in [0.1, 0.15) is 35.4 Å². The highest BCUT2D eigenvalue weighted by molar-refractivity contribution is 7.03. The van der Waals surface area contributed by atoms with Gasteiger partial charge in [0.25, 0.3) is 11.6 Å². The molecule has 1 heterocycles. The Kier molecular flexibility index (Phi) is 4.36. The maximum absolute atomic E-state index is 11.9. The standard InChI is InChI=1S/C12H12N4O3S/c1-2-10(13-12(17)11-7-20-15-14-11)8-4-3-5-9(6-8)16(18)19/h3-7,10H,2H2,1H3,(H,13,17)/t10-/m0/s1. The van der Waals surface area contributed by atoms with Crippen molar-refractivity contribution in [3.05, 3.63) is 51.0 Å². The van der Waals surface area contributed by atoms with Crippen LogP contribution in [0.4, 0.5) is 5.69 Å². The number of amides is 1. The zero-order valence-corrected chi connectivity index (χ0v) is 11.5. The van der Waals surface area contributed by atoms with Gasteiger partial charge in [-0.2, -0.15) is 0 Å². The molecule has 2 rings (SSSR count). The Balaban J connectivity index is 2.18. The van der Waals surface area contributed by atoms with Gasteiger partial charge in [-0.3, -0.25) is 14.9 Å². The number of aromatic nitrogens is 2. The summed E-state index contributed by atoms with van der Waals surface area (Å²) in [5.41, 5.74) is 0.947. The fraction of sp³-hybridized carbons (Fsp3) is 0.250. The Morgan fingerprint density at radius 1 is 1.55 bits per heavy atom. The second-order valence-corrected chi connectivity index (χ2v) is 4.69. The third-order valence-corrected chi connectivity index (χ3v) is 3.29. The summed E-state index contributed by atoms with van der Waals surface area (Å²) in [5, 5.41) is 18.8. The summed E-state index contributed by atoms with van der Waals surface area (Å²) in [6.45, 7) is 1.89. The SMILES string of the molecule is CC[C@H](NC(=O)c1csnn1)c1cccc([N+](=O)[O-])c1. The first kappa shape index (κ1) is 14.1. The van der Waals surface area contributed by atoms with Gasteiger partial charge in [0.2, 0.25) is 0 Å². The number of nitro benzene ring substituents is 1. The number of benzene rings is 1. The number of carbonyl (C=O) groups is 1. The fourth-order valence-corrected chi connectivity index (χ4v) is 2.21. The molecule has 1 amide bonds. The first-order valence-corrected chi connectivity index (χ1v) is 6.77. The Labute approximate surface area is 119 Å². The van der Waals surface area contributed by atoms with Crippen molar-refractivity contribution in [2.45, 2.75) is 19.4 Å². The van der Waals surface area contributed by atoms with E-state index < -0.39 is 4.92 Å². The Morgan fingerprint density at radius 2 is 2.35 bits per heavy atom. The van der Waals surface area contributed by atoms with E-state index in [1.807, 2.05) is 6.92 Å². The van der Waals surface area contributed by atoms with Crippen LogP contribution in [-0.2, 0) is 0 Å². The van der Waals surface area contributed by atoms with Crippen molar-refractivity contribution in [2.75, 3.05) is 0 Å². The van der Waals surface area contributed by atoms with Gasteiger partial charge in [0.15, 0.2) is 5.69 Å². The number of hydrogen-bond acceptors (Lipinski definition) is 6. The molecule has 0 radical (unpaired) electrons. The zero-order chi connectivity index (χ0) is 14.5. The molecular formula is C12H12N4O3S. The molecule has 7 nitrogen and oxygen atoms in total. The molecule has 0 aliphatic rings. The summed E-state index contributed by atoms with van der Waals surface area (Å²) in [6, 6.07) is 5.94. The molecule has 0 saturated heterocycles. The molecule has 1 atom stereocenters. The van der Waals surface area contributed by atoms with Gasteiger partial charge in [-0.05, 0) is 23.5 Å². The number of nitro groups is 1. The molecule has 1 N–H and O–H groups in total. The van der Waals surface area contributed by atoms with Crippen LogP contribution in [0.2, 0.25) is 0 Å². The van der Waals surface area contributed by atoms with E-state index in [-0.39, 0.29) is 23.3 Å². The van der Waals surface area contributed by atoms with Crippen molar-refractivity contribution in [3.8, 4) is 0 Å². The predicted octanol–water partition coefficient (Wildman–Crippen LogP) is 2.33. The monoisotopic (exact) mass is 292 g/mol. The summed E-state index contributed by atoms with van der Waals surface area (Å²) in [5.74, 6) is -0.336. The van der Waals surface area contributed by atoms with Crippen molar-refractivity contribution < 1.29 is 9.72 Å². The number of hydrogen-bond donors (Lipinski definition) is 1. The number of rotatable bonds is 5. The van der Waals surface area contributed by atoms with Crippen LogP contribution in [0.25, 0.3) is 0 Å². The molecule has 0 saturated carbocycles. The maximum atomic E-state index is 11.9. The molecule has 0 aliphatic heterocycles. The number of carbonyl (C=O) groups excluding carboxylic acids is 1. The summed E-state index contributed by atoms with van der Waals surface area (Å²) in [7, 11) is 0. The highest BCUT2D eigenvalue weighted by atomic mass is 32.1. The molecule has 0 unspecified atom stereocenters. The van der Waals surface area contributed by atoms with Gasteiger partial charge in [-0.25, -0.2) is 0 Å². The molecule has 8 heteroatoms. The normalized spacial score (nSPS) is 11.8. The molecule has 0 fully saturated rings. The third-order valence-electron chi connectivity index (χ3n) is 2.79. The largest absolute Gasteiger partial charge is 0.344 e. The minimum Gasteiger partial charge on any atom is -0.344 e. The van der Waals surface area contributed by atoms with E-state index in [0.29, 0.717) is 12.0 Å². The lowest BCUT2D eigenvalue weighted by molar-refractivity contribution is -0.384. The number of nitrogens with zero attached hydrogens (tertiary/aromatic N) is 3. The second kappa shape index (κ2) is 6.20. The summed E-state index contributed by atoms with van der Waals surface area (Å²) >= 11 is 1.09. The summed E-state index contributed by atoms with van der Waals surface area (Å²) in [4.78, 5) is 22.2. The second-order valence-electron chi connectivity index (χ2n) is 4.08. The van der Waals surface area contributed by atoms with E-state index in [1.165, 1.54) is 12.1 Å². The molecule has 20 heavy (non-hydrogen) atoms. The highest BCUT2D eigenvalue weighted by Gasteiger charge is 2.17. The molecule has 0 aliphatic carbocycles. The molecule has 104 valence electrons. The van der Waals surface area contributed by atoms with Crippen LogP contribution in [0.3, 0.4) is 0 Å². The van der Waals surface area contributed by atoms with Gasteiger partial charge in [0, 0.05) is 17.5 Å². The van der Waals surface area contributed by atoms with Crippen molar-refractivity contribution >= 4 is 23.1 Å². The number of nitrogens with one attached hydrogen (secondary N) is 1. The van der Waals surface area contributed by atoms with Crippen molar-refractivity contribution in [2.24, 2.45) is 0 Å². The van der Waals surface area contributed by atoms with Crippen molar-refractivity contribution in [1.29, 1.82) is 0 Å². The third kappa shape index (κ3) is 3.15. The lowest BCUT2D eigenvalue weighted by Gasteiger charge is -2.16. The molecule has 0 bridgehead atoms. The van der Waals surface area contributed by atoms with Crippen LogP contribution < -0.4 is 5.32 Å². The smallest absolute Gasteiger partial charge is 0.273 e. The zero-order valence-electron chi connectivity index (χ0n) is 10.6. The molecule has 2 aromatic rings. The van der Waals surface area contributed by atoms with E-state index in [1.54, 1.807) is 17.5 Å². The molecular weight excluding hydrogens is 280 g/mol. The minimum atomic E-state index is -0.456. The minimum absolute atomic E-state index is 0.00511. The van der Waals surface area contributed by atoms with E-state index >= 15 is 0 Å². The molecule has 1 aromatic heterocycles. The van der Waals surface area contributed by atoms with Crippen LogP contribution >= 0.6 is 11.5 Å². The summed E-state index contributed by atoms with van der Waals surface area (Å²) in [6.07, 6.45) is 0.616. The van der Waals surface area contributed by atoms with E-state index in [9.17, 15) is 14.9 Å². The average molecular weight is 292 g/mol. The Hall–Kier alpha value is -2.35. The first-order valence-electron chi connectivity index (χ1n) is 5.94. The summed E-state index contributed by atoms with van der Waals surface area (Å²) < 4.78 is 3.63. The lowest BCUT2D eigenvalue weighted by atomic mass is 10.0. The van der Waals surface area contributed by atoms with Gasteiger partial charge >= 0.3 is 0 Å². The lowest BCUT2D eigenvalue weighted by Crippen LogP contribution is -2.28. The maximum Gasteiger partial charge on any atom is 0.273 e. The van der Waals surface area contributed by atoms with Gasteiger partial charge < -0.3 is 5.32 Å². The van der Waals surface area contributed by atoms with Gasteiger partial charge in [-0.15, -0.1) is 5.10 Å². The van der Waals surface area contributed by atoms with Crippen LogP contribution in [0.5, 0.6) is 0 Å². The molecule has 0 spiro atoms. The van der Waals surface area contributed by atoms with E-state index in [0.717, 1.165) is 11.5 Å². The van der Waals surface area contributed by atoms with Crippen LogP contribution in [0, 0.1) is 10.1 Å². The highest BCUT2D eigenvalue weighted by Crippen LogP contribution is 2.21. The van der Waals surface area contributed by atoms with Crippen LogP contribution in [0.15, 0.2) is 29.6 Å². The van der Waals surface area contributed by atoms with E-state index in [4.69, 9.17) is 0 Å². The number of non-ortho nitro benzene ring substituents is 1. The van der Waals surface area contributed by atoms with Crippen molar-refractivity contribution in [3.63, 3.8) is 0 Å². The van der Waals surface area contributed by atoms with E-state index in [2.05, 4.69) is 14.9 Å².